The van der Waals surface area contributed by atoms with E-state index in [2.05, 4.69) is 27.5 Å². The molecule has 0 amide bonds. The number of aryl methyl sites for hydroxylation is 2. The van der Waals surface area contributed by atoms with Crippen molar-refractivity contribution in [3.63, 3.8) is 0 Å². The van der Waals surface area contributed by atoms with Gasteiger partial charge in [-0.05, 0) is 58.0 Å². The number of hydrogen-bond donors (Lipinski definition) is 2. The van der Waals surface area contributed by atoms with Crippen molar-refractivity contribution in [3.8, 4) is 28.2 Å². The number of aromatic amines is 1. The van der Waals surface area contributed by atoms with Crippen LogP contribution in [0.5, 0.6) is 0 Å². The molecule has 0 saturated carbocycles. The van der Waals surface area contributed by atoms with E-state index in [-0.39, 0.29) is 11.3 Å². The van der Waals surface area contributed by atoms with E-state index in [9.17, 15) is 14.7 Å². The van der Waals surface area contributed by atoms with Crippen LogP contribution in [0.25, 0.3) is 28.2 Å². The Kier molecular flexibility index (Phi) is 8.00. The lowest BCUT2D eigenvalue weighted by Crippen LogP contribution is -2.26. The SMILES string of the molecule is CCCCCc1cn(-c2c(CC)cccc2C(=O)O)c(=O)n1Cc1ccc(-c2ccccc2-c2nnn[nH]2)cc1. The van der Waals surface area contributed by atoms with Gasteiger partial charge in [0.15, 0.2) is 5.82 Å². The number of rotatable bonds is 11. The van der Waals surface area contributed by atoms with Gasteiger partial charge in [0, 0.05) is 17.5 Å². The highest BCUT2D eigenvalue weighted by atomic mass is 16.4. The molecule has 0 fully saturated rings. The van der Waals surface area contributed by atoms with E-state index in [1.165, 1.54) is 4.57 Å². The summed E-state index contributed by atoms with van der Waals surface area (Å²) in [6, 6.07) is 21.2. The highest BCUT2D eigenvalue weighted by Gasteiger charge is 2.20. The quantitative estimate of drug-likeness (QED) is 0.214. The summed E-state index contributed by atoms with van der Waals surface area (Å²) in [6.45, 7) is 4.50. The average Bonchev–Trinajstić information content (AvgIpc) is 3.62. The lowest BCUT2D eigenvalue weighted by atomic mass is 9.98. The fourth-order valence-electron chi connectivity index (χ4n) is 5.13. The second-order valence-corrected chi connectivity index (χ2v) is 9.78. The zero-order chi connectivity index (χ0) is 28.1. The van der Waals surface area contributed by atoms with Crippen molar-refractivity contribution >= 4 is 5.97 Å². The molecule has 0 spiro atoms. The zero-order valence-corrected chi connectivity index (χ0v) is 22.7. The van der Waals surface area contributed by atoms with Crippen LogP contribution in [0, 0.1) is 0 Å². The first kappa shape index (κ1) is 26.8. The van der Waals surface area contributed by atoms with Crippen LogP contribution < -0.4 is 5.69 Å². The van der Waals surface area contributed by atoms with Gasteiger partial charge >= 0.3 is 11.7 Å². The minimum absolute atomic E-state index is 0.128. The normalized spacial score (nSPS) is 11.2. The van der Waals surface area contributed by atoms with Crippen molar-refractivity contribution in [2.45, 2.75) is 52.5 Å². The molecule has 9 nitrogen and oxygen atoms in total. The van der Waals surface area contributed by atoms with Crippen molar-refractivity contribution < 1.29 is 9.90 Å². The number of para-hydroxylation sites is 1. The summed E-state index contributed by atoms with van der Waals surface area (Å²) in [6.07, 6.45) is 6.26. The van der Waals surface area contributed by atoms with Gasteiger partial charge in [-0.25, -0.2) is 14.7 Å². The van der Waals surface area contributed by atoms with Crippen molar-refractivity contribution in [2.75, 3.05) is 0 Å². The minimum atomic E-state index is -1.05. The minimum Gasteiger partial charge on any atom is -0.478 e. The Hall–Kier alpha value is -4.79. The number of hydrogen-bond acceptors (Lipinski definition) is 5. The Morgan fingerprint density at radius 2 is 1.73 bits per heavy atom. The fraction of sp³-hybridized carbons (Fsp3) is 0.258. The second-order valence-electron chi connectivity index (χ2n) is 9.78. The van der Waals surface area contributed by atoms with E-state index in [1.54, 1.807) is 16.7 Å². The predicted molar refractivity (Wildman–Crippen MR) is 154 cm³/mol. The molecule has 0 radical (unpaired) electrons. The summed E-state index contributed by atoms with van der Waals surface area (Å²) in [5, 5.41) is 24.2. The Labute approximate surface area is 232 Å². The standard InChI is InChI=1S/C31H32N6O3/c1-3-5-6-11-24-20-37(28-22(4-2)10-9-14-27(28)30(38)39)31(40)36(24)19-21-15-17-23(18-16-21)25-12-7-8-13-26(25)29-32-34-35-33-29/h7-10,12-18,20H,3-6,11,19H2,1-2H3,(H,38,39)(H,32,33,34,35). The molecule has 0 saturated heterocycles. The molecule has 2 heterocycles. The average molecular weight is 537 g/mol. The van der Waals surface area contributed by atoms with Gasteiger partial charge < -0.3 is 5.11 Å². The molecule has 3 aromatic carbocycles. The lowest BCUT2D eigenvalue weighted by molar-refractivity contribution is 0.0696. The van der Waals surface area contributed by atoms with E-state index < -0.39 is 5.97 Å². The lowest BCUT2D eigenvalue weighted by Gasteiger charge is -2.12. The van der Waals surface area contributed by atoms with Gasteiger partial charge in [-0.3, -0.25) is 9.13 Å². The Morgan fingerprint density at radius 1 is 0.950 bits per heavy atom. The van der Waals surface area contributed by atoms with Crippen LogP contribution in [0.1, 0.15) is 60.3 Å². The van der Waals surface area contributed by atoms with Crippen LogP contribution >= 0.6 is 0 Å². The molecule has 0 unspecified atom stereocenters. The monoisotopic (exact) mass is 536 g/mol. The maximum atomic E-state index is 13.8. The number of carbonyl (C=O) groups is 1. The van der Waals surface area contributed by atoms with Gasteiger partial charge in [0.25, 0.3) is 0 Å². The first-order valence-electron chi connectivity index (χ1n) is 13.6. The topological polar surface area (TPSA) is 119 Å². The molecule has 204 valence electrons. The smallest absolute Gasteiger partial charge is 0.337 e. The van der Waals surface area contributed by atoms with Gasteiger partial charge in [-0.2, -0.15) is 0 Å². The van der Waals surface area contributed by atoms with Crippen molar-refractivity contribution in [1.29, 1.82) is 0 Å². The number of imidazole rings is 1. The number of unbranched alkanes of at least 4 members (excludes halogenated alkanes) is 2. The zero-order valence-electron chi connectivity index (χ0n) is 22.7. The van der Waals surface area contributed by atoms with Crippen LogP contribution in [0.2, 0.25) is 0 Å². The summed E-state index contributed by atoms with van der Waals surface area (Å²) in [5.41, 5.74) is 5.94. The molecule has 0 bridgehead atoms. The molecular formula is C31H32N6O3. The van der Waals surface area contributed by atoms with Crippen molar-refractivity contribution in [2.24, 2.45) is 0 Å². The molecule has 0 aliphatic rings. The van der Waals surface area contributed by atoms with Crippen LogP contribution in [0.15, 0.2) is 77.7 Å². The van der Waals surface area contributed by atoms with Crippen molar-refractivity contribution in [1.82, 2.24) is 29.8 Å². The van der Waals surface area contributed by atoms with Crippen LogP contribution in [-0.4, -0.2) is 40.8 Å². The van der Waals surface area contributed by atoms with Crippen LogP contribution in [0.4, 0.5) is 0 Å². The van der Waals surface area contributed by atoms with Gasteiger partial charge in [-0.15, -0.1) is 5.10 Å². The Bertz CT molecular complexity index is 1670. The molecule has 5 rings (SSSR count). The van der Waals surface area contributed by atoms with Gasteiger partial charge in [0.2, 0.25) is 0 Å². The fourth-order valence-corrected chi connectivity index (χ4v) is 5.13. The number of nitrogens with zero attached hydrogens (tertiary/aromatic N) is 5. The first-order chi connectivity index (χ1) is 19.5. The largest absolute Gasteiger partial charge is 0.478 e. The molecule has 0 aliphatic heterocycles. The number of aromatic carboxylic acids is 1. The Balaban J connectivity index is 1.52. The molecule has 40 heavy (non-hydrogen) atoms. The summed E-state index contributed by atoms with van der Waals surface area (Å²) in [4.78, 5) is 25.9. The molecular weight excluding hydrogens is 504 g/mol. The number of H-pyrrole nitrogens is 1. The predicted octanol–water partition coefficient (Wildman–Crippen LogP) is 5.53. The number of carboxylic acids is 1. The summed E-state index contributed by atoms with van der Waals surface area (Å²) in [5.74, 6) is -0.452. The van der Waals surface area contributed by atoms with E-state index in [0.29, 0.717) is 24.5 Å². The number of aromatic nitrogens is 6. The van der Waals surface area contributed by atoms with E-state index in [1.807, 2.05) is 67.7 Å². The highest BCUT2D eigenvalue weighted by Crippen LogP contribution is 2.30. The number of nitrogens with one attached hydrogen (secondary N) is 1. The maximum Gasteiger partial charge on any atom is 0.337 e. The van der Waals surface area contributed by atoms with Crippen LogP contribution in [0.3, 0.4) is 0 Å². The molecule has 0 aliphatic carbocycles. The molecule has 0 atom stereocenters. The number of tetrazole rings is 1. The number of carboxylic acid groups (broad SMARTS) is 1. The summed E-state index contributed by atoms with van der Waals surface area (Å²) >= 11 is 0. The van der Waals surface area contributed by atoms with E-state index >= 15 is 0 Å². The van der Waals surface area contributed by atoms with Gasteiger partial charge in [0.1, 0.15) is 0 Å². The third-order valence-electron chi connectivity index (χ3n) is 7.20. The van der Waals surface area contributed by atoms with E-state index in [4.69, 9.17) is 0 Å². The van der Waals surface area contributed by atoms with Crippen molar-refractivity contribution in [3.05, 3.63) is 106 Å². The molecule has 2 N–H and O–H groups in total. The second kappa shape index (κ2) is 11.9. The number of benzene rings is 3. The first-order valence-corrected chi connectivity index (χ1v) is 13.6. The maximum absolute atomic E-state index is 13.8. The highest BCUT2D eigenvalue weighted by molar-refractivity contribution is 5.92. The summed E-state index contributed by atoms with van der Waals surface area (Å²) < 4.78 is 3.30. The van der Waals surface area contributed by atoms with Gasteiger partial charge in [0.05, 0.1) is 17.8 Å². The van der Waals surface area contributed by atoms with Gasteiger partial charge in [-0.1, -0.05) is 87.4 Å². The van der Waals surface area contributed by atoms with Crippen LogP contribution in [-0.2, 0) is 19.4 Å². The molecule has 2 aromatic heterocycles. The molecule has 9 heteroatoms. The summed E-state index contributed by atoms with van der Waals surface area (Å²) in [7, 11) is 0. The molecule has 5 aromatic rings. The van der Waals surface area contributed by atoms with E-state index in [0.717, 1.165) is 59.2 Å². The third kappa shape index (κ3) is 5.36. The Morgan fingerprint density at radius 3 is 2.40 bits per heavy atom. The third-order valence-corrected chi connectivity index (χ3v) is 7.20.